The molecule has 0 atom stereocenters. The summed E-state index contributed by atoms with van der Waals surface area (Å²) in [6.07, 6.45) is 9.61. The Balaban J connectivity index is 3.57. The molecule has 0 aliphatic heterocycles. The predicted octanol–water partition coefficient (Wildman–Crippen LogP) is 3.80. The molecule has 0 aromatic rings. The minimum atomic E-state index is -0.272. The van der Waals surface area contributed by atoms with E-state index in [4.69, 9.17) is 5.73 Å². The van der Waals surface area contributed by atoms with Gasteiger partial charge in [0, 0.05) is 19.3 Å². The van der Waals surface area contributed by atoms with Gasteiger partial charge in [-0.25, -0.2) is 0 Å². The van der Waals surface area contributed by atoms with Gasteiger partial charge in [-0.1, -0.05) is 61.7 Å². The molecule has 0 saturated heterocycles. The fourth-order valence-electron chi connectivity index (χ4n) is 1.68. The van der Waals surface area contributed by atoms with Crippen LogP contribution in [0.25, 0.3) is 0 Å². The third-order valence-electron chi connectivity index (χ3n) is 2.91. The summed E-state index contributed by atoms with van der Waals surface area (Å²) in [5.74, 6) is 23.8. The van der Waals surface area contributed by atoms with Gasteiger partial charge in [0.25, 0.3) is 0 Å². The van der Waals surface area contributed by atoms with Crippen LogP contribution in [0.2, 0.25) is 0 Å². The average Bonchev–Trinajstić information content (AvgIpc) is 2.53. The molecule has 0 aliphatic carbocycles. The maximum atomic E-state index is 10.5. The van der Waals surface area contributed by atoms with Crippen LogP contribution in [0.5, 0.6) is 0 Å². The van der Waals surface area contributed by atoms with Gasteiger partial charge in [0.15, 0.2) is 0 Å². The quantitative estimate of drug-likeness (QED) is 0.564. The summed E-state index contributed by atoms with van der Waals surface area (Å²) in [7, 11) is 0. The van der Waals surface area contributed by atoms with Crippen LogP contribution in [-0.4, -0.2) is 5.91 Å². The summed E-state index contributed by atoms with van der Waals surface area (Å²) in [4.78, 5) is 10.5. The Hall–Kier alpha value is -2.29. The van der Waals surface area contributed by atoms with Gasteiger partial charge < -0.3 is 5.73 Å². The van der Waals surface area contributed by atoms with Gasteiger partial charge in [-0.05, 0) is 12.8 Å². The van der Waals surface area contributed by atoms with Crippen LogP contribution >= 0.6 is 0 Å². The molecule has 2 N–H and O–H groups in total. The lowest BCUT2D eigenvalue weighted by Crippen LogP contribution is -2.09. The summed E-state index contributed by atoms with van der Waals surface area (Å²) >= 11 is 0. The zero-order valence-corrected chi connectivity index (χ0v) is 14.3. The number of nitrogens with two attached hydrogens (primary N) is 1. The molecule has 0 rings (SSSR count). The van der Waals surface area contributed by atoms with E-state index in [-0.39, 0.29) is 5.91 Å². The van der Waals surface area contributed by atoms with Crippen molar-refractivity contribution in [3.05, 3.63) is 0 Å². The van der Waals surface area contributed by atoms with Crippen molar-refractivity contribution < 1.29 is 4.79 Å². The SMILES string of the molecule is CCCCCCC#CCC#CCC#CCC#CCCCC(N)=O. The van der Waals surface area contributed by atoms with Crippen molar-refractivity contribution in [2.24, 2.45) is 5.73 Å². The first kappa shape index (κ1) is 20.7. The Morgan fingerprint density at radius 1 is 0.696 bits per heavy atom. The maximum Gasteiger partial charge on any atom is 0.217 e. The largest absolute Gasteiger partial charge is 0.370 e. The number of carbonyl (C=O) groups is 1. The van der Waals surface area contributed by atoms with Crippen molar-refractivity contribution >= 4 is 5.91 Å². The standard InChI is InChI=1S/C21H27NO/c1-2-3-4-5-6-7-8-9-10-11-12-13-14-15-16-17-18-19-20-21(22)23/h2-6,9,12,15,18-20H2,1H3,(H2,22,23). The number of hydrogen-bond acceptors (Lipinski definition) is 1. The second-order valence-electron chi connectivity index (χ2n) is 5.08. The first-order valence-corrected chi connectivity index (χ1v) is 8.38. The second-order valence-corrected chi connectivity index (χ2v) is 5.08. The molecule has 2 nitrogen and oxygen atoms in total. The van der Waals surface area contributed by atoms with Gasteiger partial charge in [0.05, 0.1) is 19.3 Å². The molecule has 0 aromatic heterocycles. The van der Waals surface area contributed by atoms with Crippen LogP contribution in [0.4, 0.5) is 0 Å². The van der Waals surface area contributed by atoms with E-state index >= 15 is 0 Å². The lowest BCUT2D eigenvalue weighted by molar-refractivity contribution is -0.118. The molecule has 0 bridgehead atoms. The molecule has 1 amide bonds. The van der Waals surface area contributed by atoms with Crippen LogP contribution in [0.3, 0.4) is 0 Å². The number of unbranched alkanes of at least 4 members (excludes halogenated alkanes) is 5. The normalized spacial score (nSPS) is 8.22. The molecule has 0 aromatic carbocycles. The van der Waals surface area contributed by atoms with E-state index in [0.29, 0.717) is 32.1 Å². The molecular weight excluding hydrogens is 282 g/mol. The van der Waals surface area contributed by atoms with E-state index in [0.717, 1.165) is 12.8 Å². The van der Waals surface area contributed by atoms with Gasteiger partial charge in [-0.15, -0.1) is 11.8 Å². The average molecular weight is 309 g/mol. The number of rotatable bonds is 7. The molecule has 0 aliphatic rings. The Bertz CT molecular complexity index is 558. The highest BCUT2D eigenvalue weighted by Gasteiger charge is 1.90. The number of primary amides is 1. The number of hydrogen-bond donors (Lipinski definition) is 1. The van der Waals surface area contributed by atoms with Crippen molar-refractivity contribution in [2.45, 2.75) is 77.6 Å². The monoisotopic (exact) mass is 309 g/mol. The lowest BCUT2D eigenvalue weighted by Gasteiger charge is -1.91. The molecule has 122 valence electrons. The highest BCUT2D eigenvalue weighted by atomic mass is 16.1. The fraction of sp³-hybridized carbons (Fsp3) is 0.571. The highest BCUT2D eigenvalue weighted by Crippen LogP contribution is 2.00. The topological polar surface area (TPSA) is 43.1 Å². The number of amides is 1. The van der Waals surface area contributed by atoms with Gasteiger partial charge in [0.2, 0.25) is 5.91 Å². The van der Waals surface area contributed by atoms with Crippen LogP contribution in [-0.2, 0) is 4.79 Å². The van der Waals surface area contributed by atoms with Gasteiger partial charge in [-0.3, -0.25) is 4.79 Å². The summed E-state index contributed by atoms with van der Waals surface area (Å²) < 4.78 is 0. The third-order valence-corrected chi connectivity index (χ3v) is 2.91. The van der Waals surface area contributed by atoms with Gasteiger partial charge in [-0.2, -0.15) is 0 Å². The summed E-state index contributed by atoms with van der Waals surface area (Å²) in [6, 6.07) is 0. The van der Waals surface area contributed by atoms with Crippen LogP contribution < -0.4 is 5.73 Å². The van der Waals surface area contributed by atoms with E-state index in [9.17, 15) is 4.79 Å². The molecule has 0 fully saturated rings. The van der Waals surface area contributed by atoms with E-state index in [1.54, 1.807) is 0 Å². The molecular formula is C21H27NO. The van der Waals surface area contributed by atoms with Crippen molar-refractivity contribution in [3.63, 3.8) is 0 Å². The van der Waals surface area contributed by atoms with Gasteiger partial charge >= 0.3 is 0 Å². The smallest absolute Gasteiger partial charge is 0.217 e. The second kappa shape index (κ2) is 17.8. The predicted molar refractivity (Wildman–Crippen MR) is 96.8 cm³/mol. The molecule has 23 heavy (non-hydrogen) atoms. The van der Waals surface area contributed by atoms with Crippen molar-refractivity contribution in [1.82, 2.24) is 0 Å². The Labute approximate surface area is 142 Å². The molecule has 0 saturated carbocycles. The molecule has 0 heterocycles. The van der Waals surface area contributed by atoms with Gasteiger partial charge in [0.1, 0.15) is 0 Å². The number of carbonyl (C=O) groups excluding carboxylic acids is 1. The van der Waals surface area contributed by atoms with Crippen LogP contribution in [0, 0.1) is 47.4 Å². The zero-order chi connectivity index (χ0) is 17.0. The Morgan fingerprint density at radius 2 is 1.17 bits per heavy atom. The Morgan fingerprint density at radius 3 is 1.65 bits per heavy atom. The highest BCUT2D eigenvalue weighted by molar-refractivity contribution is 5.73. The maximum absolute atomic E-state index is 10.5. The van der Waals surface area contributed by atoms with E-state index in [1.807, 2.05) is 0 Å². The van der Waals surface area contributed by atoms with E-state index < -0.39 is 0 Å². The minimum Gasteiger partial charge on any atom is -0.370 e. The van der Waals surface area contributed by atoms with Crippen molar-refractivity contribution in [3.8, 4) is 47.4 Å². The molecule has 0 unspecified atom stereocenters. The summed E-state index contributed by atoms with van der Waals surface area (Å²) in [6.45, 7) is 2.21. The van der Waals surface area contributed by atoms with Crippen LogP contribution in [0.15, 0.2) is 0 Å². The molecule has 0 spiro atoms. The first-order chi connectivity index (χ1) is 11.3. The molecule has 0 radical (unpaired) electrons. The zero-order valence-electron chi connectivity index (χ0n) is 14.3. The fourth-order valence-corrected chi connectivity index (χ4v) is 1.68. The van der Waals surface area contributed by atoms with E-state index in [1.165, 1.54) is 25.7 Å². The van der Waals surface area contributed by atoms with Crippen molar-refractivity contribution in [2.75, 3.05) is 0 Å². The summed E-state index contributed by atoms with van der Waals surface area (Å²) in [5.41, 5.74) is 5.03. The van der Waals surface area contributed by atoms with E-state index in [2.05, 4.69) is 54.3 Å². The molecule has 2 heteroatoms. The first-order valence-electron chi connectivity index (χ1n) is 8.38. The third kappa shape index (κ3) is 19.7. The lowest BCUT2D eigenvalue weighted by atomic mass is 10.1. The summed E-state index contributed by atoms with van der Waals surface area (Å²) in [5, 5.41) is 0. The van der Waals surface area contributed by atoms with Crippen molar-refractivity contribution in [1.29, 1.82) is 0 Å². The minimum absolute atomic E-state index is 0.272. The Kier molecular flexibility index (Phi) is 16.0. The van der Waals surface area contributed by atoms with Crippen LogP contribution in [0.1, 0.15) is 77.6 Å².